The molecule has 0 aromatic heterocycles. The van der Waals surface area contributed by atoms with Gasteiger partial charge >= 0.3 is 0 Å². The lowest BCUT2D eigenvalue weighted by molar-refractivity contribution is -0.114. The van der Waals surface area contributed by atoms with E-state index < -0.39 is 68.4 Å². The number of rotatable bonds is 7. The van der Waals surface area contributed by atoms with Crippen LogP contribution in [-0.2, 0) is 16.0 Å². The third kappa shape index (κ3) is 5.09. The van der Waals surface area contributed by atoms with Gasteiger partial charge in [0.1, 0.15) is 34.5 Å². The number of aliphatic hydroxyl groups is 3. The summed E-state index contributed by atoms with van der Waals surface area (Å²) in [6, 6.07) is 19.5. The number of hydrogen-bond donors (Lipinski definition) is 6. The fraction of sp³-hybridized carbons (Fsp3) is 0.0588. The van der Waals surface area contributed by atoms with E-state index >= 15 is 0 Å². The van der Waals surface area contributed by atoms with Crippen LogP contribution in [0.1, 0.15) is 28.7 Å². The molecule has 210 valence electrons. The number of benzene rings is 3. The highest BCUT2D eigenvalue weighted by molar-refractivity contribution is 6.42. The first kappa shape index (κ1) is 27.8. The predicted octanol–water partition coefficient (Wildman–Crippen LogP) is 6.15. The SMILES string of the molecule is O=C1C=C(O)C(C/C=C/c2ccccc2)=C(O)/C1=C1/C(=O)C(c2c(O)cc(O)c(C/C=C/c3ccccc3)c2O)=C1O. The lowest BCUT2D eigenvalue weighted by atomic mass is 9.77. The van der Waals surface area contributed by atoms with Crippen molar-refractivity contribution < 1.29 is 40.2 Å². The van der Waals surface area contributed by atoms with Crippen molar-refractivity contribution in [2.75, 3.05) is 0 Å². The van der Waals surface area contributed by atoms with Gasteiger partial charge in [-0.15, -0.1) is 0 Å². The third-order valence-corrected chi connectivity index (χ3v) is 7.00. The van der Waals surface area contributed by atoms with Gasteiger partial charge in [-0.2, -0.15) is 0 Å². The Bertz CT molecular complexity index is 1790. The molecular weight excluding hydrogens is 536 g/mol. The standard InChI is InChI=1S/C34H26O8/c35-23-17-25(37)27(31(39)21(23)15-7-13-19-9-3-1-4-10-19)29-33(41)30(34(29)42)28-26(38)18-24(36)22(32(28)40)16-8-14-20-11-5-2-6-12-20/h1-14,17-18,35-37,39-41H,15-16H2/b13-7+,14-8+,30-28+. The number of carbonyl (C=O) groups excluding carboxylic acids is 2. The van der Waals surface area contributed by atoms with E-state index in [0.29, 0.717) is 0 Å². The van der Waals surface area contributed by atoms with Gasteiger partial charge in [0.15, 0.2) is 5.78 Å². The molecule has 0 radical (unpaired) electrons. The van der Waals surface area contributed by atoms with Gasteiger partial charge in [-0.25, -0.2) is 0 Å². The lowest BCUT2D eigenvalue weighted by Gasteiger charge is -2.27. The van der Waals surface area contributed by atoms with Crippen molar-refractivity contribution in [1.29, 1.82) is 0 Å². The molecule has 0 saturated heterocycles. The minimum Gasteiger partial charge on any atom is -0.507 e. The van der Waals surface area contributed by atoms with Gasteiger partial charge in [0.25, 0.3) is 0 Å². The molecule has 0 fully saturated rings. The minimum atomic E-state index is -0.918. The van der Waals surface area contributed by atoms with Crippen LogP contribution in [0.25, 0.3) is 17.7 Å². The van der Waals surface area contributed by atoms with Gasteiger partial charge < -0.3 is 30.6 Å². The van der Waals surface area contributed by atoms with Crippen molar-refractivity contribution in [3.63, 3.8) is 0 Å². The molecule has 8 heteroatoms. The van der Waals surface area contributed by atoms with E-state index in [4.69, 9.17) is 0 Å². The Morgan fingerprint density at radius 3 is 1.76 bits per heavy atom. The normalized spacial score (nSPS) is 17.4. The number of carbonyl (C=O) groups is 2. The van der Waals surface area contributed by atoms with Gasteiger partial charge in [-0.05, 0) is 24.0 Å². The second kappa shape index (κ2) is 11.4. The van der Waals surface area contributed by atoms with E-state index in [-0.39, 0.29) is 24.0 Å². The van der Waals surface area contributed by atoms with Crippen molar-refractivity contribution in [3.8, 4) is 17.2 Å². The smallest absolute Gasteiger partial charge is 0.202 e. The fourth-order valence-electron chi connectivity index (χ4n) is 4.87. The number of allylic oxidation sites excluding steroid dienone is 7. The molecule has 0 spiro atoms. The van der Waals surface area contributed by atoms with E-state index in [0.717, 1.165) is 23.3 Å². The van der Waals surface area contributed by atoms with Crippen LogP contribution in [-0.4, -0.2) is 42.2 Å². The highest BCUT2D eigenvalue weighted by Crippen LogP contribution is 2.49. The van der Waals surface area contributed by atoms with E-state index in [1.54, 1.807) is 24.3 Å². The van der Waals surface area contributed by atoms with Gasteiger partial charge in [-0.3, -0.25) is 9.59 Å². The molecule has 5 rings (SSSR count). The zero-order valence-corrected chi connectivity index (χ0v) is 22.2. The van der Waals surface area contributed by atoms with Crippen LogP contribution >= 0.6 is 0 Å². The molecule has 8 nitrogen and oxygen atoms in total. The Hall–Kier alpha value is -5.76. The summed E-state index contributed by atoms with van der Waals surface area (Å²) in [5.41, 5.74) is -0.202. The number of hydrogen-bond acceptors (Lipinski definition) is 8. The number of ketones is 2. The molecule has 2 aliphatic rings. The maximum absolute atomic E-state index is 13.3. The van der Waals surface area contributed by atoms with Gasteiger partial charge in [-0.1, -0.05) is 85.0 Å². The summed E-state index contributed by atoms with van der Waals surface area (Å²) in [6.45, 7) is 0. The lowest BCUT2D eigenvalue weighted by Crippen LogP contribution is -2.27. The van der Waals surface area contributed by atoms with E-state index in [2.05, 4.69) is 0 Å². The molecule has 42 heavy (non-hydrogen) atoms. The van der Waals surface area contributed by atoms with Gasteiger partial charge in [0.05, 0.1) is 22.3 Å². The number of aliphatic hydroxyl groups excluding tert-OH is 3. The predicted molar refractivity (Wildman–Crippen MR) is 158 cm³/mol. The zero-order valence-electron chi connectivity index (χ0n) is 22.2. The monoisotopic (exact) mass is 562 g/mol. The fourth-order valence-corrected chi connectivity index (χ4v) is 4.87. The van der Waals surface area contributed by atoms with Crippen LogP contribution in [0.4, 0.5) is 0 Å². The molecule has 0 aliphatic heterocycles. The van der Waals surface area contributed by atoms with Crippen LogP contribution in [0.5, 0.6) is 17.2 Å². The highest BCUT2D eigenvalue weighted by Gasteiger charge is 2.43. The Kier molecular flexibility index (Phi) is 7.53. The van der Waals surface area contributed by atoms with Crippen LogP contribution < -0.4 is 0 Å². The van der Waals surface area contributed by atoms with Crippen LogP contribution in [0.15, 0.2) is 119 Å². The second-order valence-corrected chi connectivity index (χ2v) is 9.68. The maximum Gasteiger partial charge on any atom is 0.202 e. The minimum absolute atomic E-state index is 0.000940. The molecule has 0 unspecified atom stereocenters. The summed E-state index contributed by atoms with van der Waals surface area (Å²) in [4.78, 5) is 26.1. The van der Waals surface area contributed by atoms with Crippen LogP contribution in [0, 0.1) is 0 Å². The maximum atomic E-state index is 13.3. The molecule has 0 saturated carbocycles. The zero-order chi connectivity index (χ0) is 30.0. The quantitative estimate of drug-likeness (QED) is 0.187. The molecule has 0 heterocycles. The first-order chi connectivity index (χ1) is 20.2. The van der Waals surface area contributed by atoms with E-state index in [1.807, 2.05) is 60.7 Å². The molecular formula is C34H26O8. The van der Waals surface area contributed by atoms with Gasteiger partial charge in [0.2, 0.25) is 5.78 Å². The summed E-state index contributed by atoms with van der Waals surface area (Å²) in [6.07, 6.45) is 7.74. The summed E-state index contributed by atoms with van der Waals surface area (Å²) in [5.74, 6) is -5.41. The molecule has 2 aliphatic carbocycles. The third-order valence-electron chi connectivity index (χ3n) is 7.00. The molecule has 3 aromatic carbocycles. The average Bonchev–Trinajstić information content (AvgIpc) is 2.97. The molecule has 3 aromatic rings. The Morgan fingerprint density at radius 2 is 1.19 bits per heavy atom. The summed E-state index contributed by atoms with van der Waals surface area (Å²) < 4.78 is 0. The number of phenols is 3. The second-order valence-electron chi connectivity index (χ2n) is 9.68. The Labute approximate surface area is 240 Å². The van der Waals surface area contributed by atoms with Crippen molar-refractivity contribution in [1.82, 2.24) is 0 Å². The molecule has 0 amide bonds. The van der Waals surface area contributed by atoms with Crippen LogP contribution in [0.3, 0.4) is 0 Å². The highest BCUT2D eigenvalue weighted by atomic mass is 16.3. The van der Waals surface area contributed by atoms with Crippen molar-refractivity contribution >= 4 is 29.3 Å². The van der Waals surface area contributed by atoms with Crippen molar-refractivity contribution in [2.45, 2.75) is 12.8 Å². The topological polar surface area (TPSA) is 156 Å². The largest absolute Gasteiger partial charge is 0.507 e. The molecule has 6 N–H and O–H groups in total. The van der Waals surface area contributed by atoms with Gasteiger partial charge in [0, 0.05) is 23.3 Å². The van der Waals surface area contributed by atoms with Crippen molar-refractivity contribution in [3.05, 3.63) is 141 Å². The first-order valence-corrected chi connectivity index (χ1v) is 13.0. The van der Waals surface area contributed by atoms with Crippen molar-refractivity contribution in [2.24, 2.45) is 0 Å². The summed E-state index contributed by atoms with van der Waals surface area (Å²) in [7, 11) is 0. The summed E-state index contributed by atoms with van der Waals surface area (Å²) >= 11 is 0. The Morgan fingerprint density at radius 1 is 0.619 bits per heavy atom. The average molecular weight is 563 g/mol. The number of Topliss-reactive ketones (excluding diaryl/α,β-unsaturated/α-hetero) is 1. The van der Waals surface area contributed by atoms with E-state index in [9.17, 15) is 40.2 Å². The first-order valence-electron chi connectivity index (χ1n) is 13.0. The van der Waals surface area contributed by atoms with Crippen LogP contribution in [0.2, 0.25) is 0 Å². The number of phenolic OH excluding ortho intramolecular Hbond substituents is 3. The number of aromatic hydroxyl groups is 3. The molecule has 0 atom stereocenters. The summed E-state index contributed by atoms with van der Waals surface area (Å²) in [5, 5.41) is 64.0. The Balaban J connectivity index is 1.51. The van der Waals surface area contributed by atoms with E-state index in [1.165, 1.54) is 0 Å². The molecule has 0 bridgehead atoms.